The molecule has 2 aromatic carbocycles. The smallest absolute Gasteiger partial charge is 0.239 e. The first kappa shape index (κ1) is 19.8. The standard InChI is InChI=1S/C17H18F2N2O4S/c1-25-14-6-3-12(4-7-14)10-21(26(2,23)24)11-17(22)20-16-8-5-13(18)9-15(16)19/h3-9H,10-11H2,1-2H3,(H,20,22). The summed E-state index contributed by atoms with van der Waals surface area (Å²) in [5.41, 5.74) is 0.422. The lowest BCUT2D eigenvalue weighted by Crippen LogP contribution is -2.37. The third-order valence-corrected chi connectivity index (χ3v) is 4.71. The number of nitrogens with one attached hydrogen (secondary N) is 1. The van der Waals surface area contributed by atoms with Crippen molar-refractivity contribution in [1.82, 2.24) is 4.31 Å². The van der Waals surface area contributed by atoms with Crippen LogP contribution in [-0.4, -0.2) is 38.5 Å². The molecule has 0 radical (unpaired) electrons. The van der Waals surface area contributed by atoms with Crippen molar-refractivity contribution in [2.75, 3.05) is 25.2 Å². The molecule has 2 rings (SSSR count). The van der Waals surface area contributed by atoms with Crippen LogP contribution in [0.1, 0.15) is 5.56 Å². The van der Waals surface area contributed by atoms with Crippen LogP contribution in [0.3, 0.4) is 0 Å². The van der Waals surface area contributed by atoms with Crippen LogP contribution >= 0.6 is 0 Å². The van der Waals surface area contributed by atoms with E-state index in [9.17, 15) is 22.0 Å². The van der Waals surface area contributed by atoms with E-state index in [1.807, 2.05) is 0 Å². The van der Waals surface area contributed by atoms with E-state index < -0.39 is 34.1 Å². The third-order valence-electron chi connectivity index (χ3n) is 3.51. The van der Waals surface area contributed by atoms with Gasteiger partial charge in [-0.1, -0.05) is 12.1 Å². The van der Waals surface area contributed by atoms with Gasteiger partial charge in [-0.3, -0.25) is 4.79 Å². The number of carbonyl (C=O) groups excluding carboxylic acids is 1. The number of carbonyl (C=O) groups is 1. The molecule has 2 aromatic rings. The number of amides is 1. The average molecular weight is 384 g/mol. The molecule has 6 nitrogen and oxygen atoms in total. The van der Waals surface area contributed by atoms with Crippen LogP contribution in [0.25, 0.3) is 0 Å². The molecule has 1 amide bonds. The molecule has 9 heteroatoms. The summed E-state index contributed by atoms with van der Waals surface area (Å²) < 4.78 is 56.4. The summed E-state index contributed by atoms with van der Waals surface area (Å²) in [6.45, 7) is -0.552. The fourth-order valence-corrected chi connectivity index (χ4v) is 2.90. The van der Waals surface area contributed by atoms with Gasteiger partial charge < -0.3 is 10.1 Å². The van der Waals surface area contributed by atoms with Crippen LogP contribution in [0.4, 0.5) is 14.5 Å². The molecule has 0 spiro atoms. The van der Waals surface area contributed by atoms with Crippen molar-refractivity contribution in [2.24, 2.45) is 0 Å². The van der Waals surface area contributed by atoms with E-state index >= 15 is 0 Å². The second kappa shape index (κ2) is 8.24. The van der Waals surface area contributed by atoms with E-state index in [-0.39, 0.29) is 12.2 Å². The van der Waals surface area contributed by atoms with E-state index in [1.54, 1.807) is 24.3 Å². The zero-order valence-corrected chi connectivity index (χ0v) is 15.0. The first-order valence-electron chi connectivity index (χ1n) is 7.52. The summed E-state index contributed by atoms with van der Waals surface area (Å²) in [6, 6.07) is 9.37. The summed E-state index contributed by atoms with van der Waals surface area (Å²) in [7, 11) is -2.18. The largest absolute Gasteiger partial charge is 0.497 e. The van der Waals surface area contributed by atoms with E-state index in [0.29, 0.717) is 17.4 Å². The Bertz CT molecular complexity index is 886. The van der Waals surface area contributed by atoms with E-state index in [4.69, 9.17) is 4.74 Å². The van der Waals surface area contributed by atoms with Crippen molar-refractivity contribution in [3.05, 3.63) is 59.7 Å². The highest BCUT2D eigenvalue weighted by Gasteiger charge is 2.21. The maximum atomic E-state index is 13.6. The van der Waals surface area contributed by atoms with Gasteiger partial charge in [0.1, 0.15) is 17.4 Å². The molecule has 0 unspecified atom stereocenters. The fraction of sp³-hybridized carbons (Fsp3) is 0.235. The molecule has 0 heterocycles. The molecule has 0 atom stereocenters. The molecule has 0 fully saturated rings. The number of hydrogen-bond donors (Lipinski definition) is 1. The minimum atomic E-state index is -3.70. The van der Waals surface area contributed by atoms with Crippen molar-refractivity contribution in [3.8, 4) is 5.75 Å². The number of halogens is 2. The Balaban J connectivity index is 2.10. The minimum absolute atomic E-state index is 0.0395. The zero-order chi connectivity index (χ0) is 19.3. The van der Waals surface area contributed by atoms with Gasteiger partial charge in [0.25, 0.3) is 0 Å². The summed E-state index contributed by atoms with van der Waals surface area (Å²) in [6.07, 6.45) is 0.974. The normalized spacial score (nSPS) is 11.4. The van der Waals surface area contributed by atoms with Crippen LogP contribution in [0.5, 0.6) is 5.75 Å². The Kier molecular flexibility index (Phi) is 6.27. The van der Waals surface area contributed by atoms with Crippen molar-refractivity contribution in [3.63, 3.8) is 0 Å². The van der Waals surface area contributed by atoms with Crippen LogP contribution in [0.2, 0.25) is 0 Å². The molecule has 0 aliphatic heterocycles. The first-order chi connectivity index (χ1) is 12.2. The van der Waals surface area contributed by atoms with Crippen LogP contribution in [0.15, 0.2) is 42.5 Å². The van der Waals surface area contributed by atoms with Gasteiger partial charge in [0, 0.05) is 12.6 Å². The fourth-order valence-electron chi connectivity index (χ4n) is 2.17. The van der Waals surface area contributed by atoms with Crippen molar-refractivity contribution in [2.45, 2.75) is 6.54 Å². The number of anilines is 1. The predicted molar refractivity (Wildman–Crippen MR) is 93.2 cm³/mol. The predicted octanol–water partition coefficient (Wildman–Crippen LogP) is 2.37. The number of ether oxygens (including phenoxy) is 1. The van der Waals surface area contributed by atoms with E-state index in [0.717, 1.165) is 22.7 Å². The summed E-state index contributed by atoms with van der Waals surface area (Å²) in [5.74, 6) is -1.85. The molecule has 0 aromatic heterocycles. The highest BCUT2D eigenvalue weighted by molar-refractivity contribution is 7.88. The Hall–Kier alpha value is -2.52. The number of sulfonamides is 1. The van der Waals surface area contributed by atoms with Gasteiger partial charge in [-0.15, -0.1) is 0 Å². The summed E-state index contributed by atoms with van der Waals surface area (Å²) >= 11 is 0. The van der Waals surface area contributed by atoms with Gasteiger partial charge in [-0.05, 0) is 29.8 Å². The van der Waals surface area contributed by atoms with E-state index in [1.165, 1.54) is 7.11 Å². The number of methoxy groups -OCH3 is 1. The monoisotopic (exact) mass is 384 g/mol. The number of hydrogen-bond acceptors (Lipinski definition) is 4. The average Bonchev–Trinajstić information content (AvgIpc) is 2.56. The maximum Gasteiger partial charge on any atom is 0.239 e. The van der Waals surface area contributed by atoms with Gasteiger partial charge in [0.2, 0.25) is 15.9 Å². The lowest BCUT2D eigenvalue weighted by atomic mass is 10.2. The molecule has 0 aliphatic carbocycles. The molecular weight excluding hydrogens is 366 g/mol. The first-order valence-corrected chi connectivity index (χ1v) is 9.37. The Morgan fingerprint density at radius 3 is 2.35 bits per heavy atom. The number of nitrogens with zero attached hydrogens (tertiary/aromatic N) is 1. The molecular formula is C17H18F2N2O4S. The van der Waals surface area contributed by atoms with Gasteiger partial charge in [-0.25, -0.2) is 17.2 Å². The van der Waals surface area contributed by atoms with Crippen molar-refractivity contribution < 1.29 is 26.7 Å². The van der Waals surface area contributed by atoms with Gasteiger partial charge in [0.15, 0.2) is 0 Å². The minimum Gasteiger partial charge on any atom is -0.497 e. The zero-order valence-electron chi connectivity index (χ0n) is 14.2. The number of rotatable bonds is 7. The third kappa shape index (κ3) is 5.50. The second-order valence-corrected chi connectivity index (χ2v) is 7.53. The highest BCUT2D eigenvalue weighted by atomic mass is 32.2. The molecule has 0 aliphatic rings. The Morgan fingerprint density at radius 1 is 1.15 bits per heavy atom. The lowest BCUT2D eigenvalue weighted by Gasteiger charge is -2.20. The molecule has 0 bridgehead atoms. The van der Waals surface area contributed by atoms with Crippen LogP contribution in [-0.2, 0) is 21.4 Å². The van der Waals surface area contributed by atoms with Crippen molar-refractivity contribution in [1.29, 1.82) is 0 Å². The summed E-state index contributed by atoms with van der Waals surface area (Å²) in [5, 5.41) is 2.24. The maximum absolute atomic E-state index is 13.6. The SMILES string of the molecule is COc1ccc(CN(CC(=O)Nc2ccc(F)cc2F)S(C)(=O)=O)cc1. The summed E-state index contributed by atoms with van der Waals surface area (Å²) in [4.78, 5) is 12.1. The Labute approximate surface area is 150 Å². The van der Waals surface area contributed by atoms with Gasteiger partial charge >= 0.3 is 0 Å². The molecule has 0 saturated heterocycles. The van der Waals surface area contributed by atoms with Gasteiger partial charge in [0.05, 0.1) is 25.6 Å². The number of benzene rings is 2. The van der Waals surface area contributed by atoms with Crippen LogP contribution < -0.4 is 10.1 Å². The highest BCUT2D eigenvalue weighted by Crippen LogP contribution is 2.17. The quantitative estimate of drug-likeness (QED) is 0.795. The van der Waals surface area contributed by atoms with Gasteiger partial charge in [-0.2, -0.15) is 4.31 Å². The topological polar surface area (TPSA) is 75.7 Å². The molecule has 26 heavy (non-hydrogen) atoms. The molecule has 0 saturated carbocycles. The Morgan fingerprint density at radius 2 is 1.81 bits per heavy atom. The molecule has 140 valence electrons. The molecule has 1 N–H and O–H groups in total. The second-order valence-electron chi connectivity index (χ2n) is 5.55. The lowest BCUT2D eigenvalue weighted by molar-refractivity contribution is -0.116. The van der Waals surface area contributed by atoms with Crippen molar-refractivity contribution >= 4 is 21.6 Å². The van der Waals surface area contributed by atoms with Crippen LogP contribution in [0, 0.1) is 11.6 Å². The van der Waals surface area contributed by atoms with E-state index in [2.05, 4.69) is 5.32 Å².